The molecule has 0 atom stereocenters. The highest BCUT2D eigenvalue weighted by Crippen LogP contribution is 2.28. The molecule has 3 amide bonds. The van der Waals surface area contributed by atoms with Crippen LogP contribution in [0.3, 0.4) is 0 Å². The SMILES string of the molecule is CCOc1cc(/C=N\NC(=O)C(=O)NCCCOC)ccc1OCC(=O)Nc1ccc(C)c(C)c1. The Morgan fingerprint density at radius 1 is 0.971 bits per heavy atom. The number of carbonyl (C=O) groups excluding carboxylic acids is 3. The molecule has 0 unspecified atom stereocenters. The lowest BCUT2D eigenvalue weighted by Gasteiger charge is -2.13. The summed E-state index contributed by atoms with van der Waals surface area (Å²) >= 11 is 0. The minimum atomic E-state index is -0.876. The molecule has 0 aromatic heterocycles. The molecule has 0 aliphatic heterocycles. The minimum Gasteiger partial charge on any atom is -0.490 e. The van der Waals surface area contributed by atoms with E-state index in [4.69, 9.17) is 14.2 Å². The van der Waals surface area contributed by atoms with Gasteiger partial charge in [-0.15, -0.1) is 0 Å². The minimum absolute atomic E-state index is 0.198. The summed E-state index contributed by atoms with van der Waals surface area (Å²) < 4.78 is 16.1. The summed E-state index contributed by atoms with van der Waals surface area (Å²) in [5.41, 5.74) is 5.69. The van der Waals surface area contributed by atoms with Gasteiger partial charge in [0.25, 0.3) is 5.91 Å². The number of anilines is 1. The molecule has 0 aliphatic rings. The standard InChI is InChI=1S/C25H32N4O6/c1-5-34-22-14-19(15-27-29-25(32)24(31)26-11-6-12-33-4)8-10-21(22)35-16-23(30)28-20-9-7-17(2)18(3)13-20/h7-10,13-15H,5-6,11-12,16H2,1-4H3,(H,26,31)(H,28,30)(H,29,32)/b27-15-. The number of ether oxygens (including phenoxy) is 3. The molecule has 35 heavy (non-hydrogen) atoms. The normalized spacial score (nSPS) is 10.6. The van der Waals surface area contributed by atoms with Crippen molar-refractivity contribution in [2.24, 2.45) is 5.10 Å². The van der Waals surface area contributed by atoms with E-state index >= 15 is 0 Å². The molecule has 0 bridgehead atoms. The van der Waals surface area contributed by atoms with Crippen LogP contribution in [0.25, 0.3) is 0 Å². The van der Waals surface area contributed by atoms with E-state index in [1.165, 1.54) is 6.21 Å². The maximum absolute atomic E-state index is 12.3. The van der Waals surface area contributed by atoms with Crippen LogP contribution in [0.4, 0.5) is 5.69 Å². The Balaban J connectivity index is 1.91. The van der Waals surface area contributed by atoms with E-state index in [0.29, 0.717) is 48.9 Å². The fourth-order valence-corrected chi connectivity index (χ4v) is 2.87. The third-order valence-corrected chi connectivity index (χ3v) is 4.81. The number of methoxy groups -OCH3 is 1. The third-order valence-electron chi connectivity index (χ3n) is 4.81. The second kappa shape index (κ2) is 14.4. The first-order valence-electron chi connectivity index (χ1n) is 11.2. The smallest absolute Gasteiger partial charge is 0.329 e. The van der Waals surface area contributed by atoms with Gasteiger partial charge in [0.1, 0.15) is 0 Å². The largest absolute Gasteiger partial charge is 0.490 e. The molecular formula is C25H32N4O6. The van der Waals surface area contributed by atoms with Crippen molar-refractivity contribution >= 4 is 29.6 Å². The first-order chi connectivity index (χ1) is 16.8. The Morgan fingerprint density at radius 2 is 1.77 bits per heavy atom. The van der Waals surface area contributed by atoms with Crippen molar-refractivity contribution in [2.75, 3.05) is 38.8 Å². The average molecular weight is 485 g/mol. The molecule has 2 aromatic carbocycles. The van der Waals surface area contributed by atoms with Crippen molar-refractivity contribution in [3.8, 4) is 11.5 Å². The summed E-state index contributed by atoms with van der Waals surface area (Å²) in [6.45, 7) is 6.80. The number of amides is 3. The lowest BCUT2D eigenvalue weighted by molar-refractivity contribution is -0.139. The van der Waals surface area contributed by atoms with Gasteiger partial charge in [-0.2, -0.15) is 5.10 Å². The molecule has 0 fully saturated rings. The van der Waals surface area contributed by atoms with Crippen LogP contribution < -0.4 is 25.5 Å². The van der Waals surface area contributed by atoms with Crippen molar-refractivity contribution in [3.63, 3.8) is 0 Å². The lowest BCUT2D eigenvalue weighted by Crippen LogP contribution is -2.38. The summed E-state index contributed by atoms with van der Waals surface area (Å²) in [4.78, 5) is 35.8. The summed E-state index contributed by atoms with van der Waals surface area (Å²) in [6.07, 6.45) is 1.97. The van der Waals surface area contributed by atoms with E-state index in [1.807, 2.05) is 39.0 Å². The Kier molecular flexibility index (Phi) is 11.2. The summed E-state index contributed by atoms with van der Waals surface area (Å²) in [7, 11) is 1.56. The van der Waals surface area contributed by atoms with Gasteiger partial charge in [0, 0.05) is 25.9 Å². The number of rotatable bonds is 12. The van der Waals surface area contributed by atoms with Crippen molar-refractivity contribution in [1.82, 2.24) is 10.7 Å². The third kappa shape index (κ3) is 9.46. The molecule has 188 valence electrons. The maximum Gasteiger partial charge on any atom is 0.329 e. The van der Waals surface area contributed by atoms with E-state index in [-0.39, 0.29) is 12.5 Å². The number of hydrogen-bond donors (Lipinski definition) is 3. The van der Waals surface area contributed by atoms with Gasteiger partial charge in [-0.05, 0) is 74.2 Å². The molecule has 0 heterocycles. The number of carbonyl (C=O) groups is 3. The van der Waals surface area contributed by atoms with Gasteiger partial charge in [0.15, 0.2) is 18.1 Å². The van der Waals surface area contributed by atoms with Crippen LogP contribution in [0.2, 0.25) is 0 Å². The Hall–Kier alpha value is -3.92. The fourth-order valence-electron chi connectivity index (χ4n) is 2.87. The van der Waals surface area contributed by atoms with E-state index < -0.39 is 11.8 Å². The molecule has 10 nitrogen and oxygen atoms in total. The number of hydrazone groups is 1. The highest BCUT2D eigenvalue weighted by atomic mass is 16.5. The first kappa shape index (κ1) is 27.3. The highest BCUT2D eigenvalue weighted by Gasteiger charge is 2.12. The monoisotopic (exact) mass is 484 g/mol. The number of nitrogens with zero attached hydrogens (tertiary/aromatic N) is 1. The summed E-state index contributed by atoms with van der Waals surface area (Å²) in [5.74, 6) is -1.16. The molecule has 0 saturated heterocycles. The molecule has 0 radical (unpaired) electrons. The van der Waals surface area contributed by atoms with Gasteiger partial charge in [-0.25, -0.2) is 5.43 Å². The Bertz CT molecular complexity index is 1050. The van der Waals surface area contributed by atoms with Crippen LogP contribution in [0.1, 0.15) is 30.0 Å². The van der Waals surface area contributed by atoms with Crippen LogP contribution in [0.5, 0.6) is 11.5 Å². The van der Waals surface area contributed by atoms with Crippen molar-refractivity contribution in [2.45, 2.75) is 27.2 Å². The van der Waals surface area contributed by atoms with Gasteiger partial charge in [0.05, 0.1) is 12.8 Å². The van der Waals surface area contributed by atoms with Crippen molar-refractivity contribution in [3.05, 3.63) is 53.1 Å². The van der Waals surface area contributed by atoms with Crippen LogP contribution >= 0.6 is 0 Å². The molecule has 2 aromatic rings. The molecule has 0 spiro atoms. The first-order valence-corrected chi connectivity index (χ1v) is 11.2. The molecule has 3 N–H and O–H groups in total. The van der Waals surface area contributed by atoms with Gasteiger partial charge >= 0.3 is 11.8 Å². The number of benzene rings is 2. The summed E-state index contributed by atoms with van der Waals surface area (Å²) in [5, 5.41) is 9.07. The van der Waals surface area contributed by atoms with Gasteiger partial charge in [-0.1, -0.05) is 6.07 Å². The van der Waals surface area contributed by atoms with Crippen LogP contribution in [-0.2, 0) is 19.1 Å². The molecule has 10 heteroatoms. The molecule has 0 saturated carbocycles. The molecular weight excluding hydrogens is 452 g/mol. The number of aryl methyl sites for hydroxylation is 2. The number of hydrogen-bond acceptors (Lipinski definition) is 7. The van der Waals surface area contributed by atoms with E-state index in [0.717, 1.165) is 11.1 Å². The topological polar surface area (TPSA) is 127 Å². The van der Waals surface area contributed by atoms with Gasteiger partial charge in [-0.3, -0.25) is 14.4 Å². The predicted molar refractivity (Wildman–Crippen MR) is 133 cm³/mol. The van der Waals surface area contributed by atoms with Crippen LogP contribution in [0.15, 0.2) is 41.5 Å². The zero-order valence-corrected chi connectivity index (χ0v) is 20.5. The van der Waals surface area contributed by atoms with Gasteiger partial charge < -0.3 is 24.8 Å². The second-order valence-corrected chi connectivity index (χ2v) is 7.58. The fraction of sp³-hybridized carbons (Fsp3) is 0.360. The van der Waals surface area contributed by atoms with Crippen molar-refractivity contribution < 1.29 is 28.6 Å². The maximum atomic E-state index is 12.3. The van der Waals surface area contributed by atoms with E-state index in [9.17, 15) is 14.4 Å². The predicted octanol–water partition coefficient (Wildman–Crippen LogP) is 2.32. The highest BCUT2D eigenvalue weighted by molar-refractivity contribution is 6.35. The number of nitrogens with one attached hydrogen (secondary N) is 3. The van der Waals surface area contributed by atoms with E-state index in [2.05, 4.69) is 21.2 Å². The summed E-state index contributed by atoms with van der Waals surface area (Å²) in [6, 6.07) is 10.7. The quantitative estimate of drug-likeness (QED) is 0.184. The van der Waals surface area contributed by atoms with Crippen LogP contribution in [-0.4, -0.2) is 57.4 Å². The molecule has 0 aliphatic carbocycles. The zero-order chi connectivity index (χ0) is 25.6. The van der Waals surface area contributed by atoms with Crippen LogP contribution in [0, 0.1) is 13.8 Å². The second-order valence-electron chi connectivity index (χ2n) is 7.58. The average Bonchev–Trinajstić information content (AvgIpc) is 2.83. The van der Waals surface area contributed by atoms with Crippen molar-refractivity contribution in [1.29, 1.82) is 0 Å². The van der Waals surface area contributed by atoms with Gasteiger partial charge in [0.2, 0.25) is 0 Å². The molecule has 2 rings (SSSR count). The Morgan fingerprint density at radius 3 is 2.49 bits per heavy atom. The Labute approximate surface area is 205 Å². The zero-order valence-electron chi connectivity index (χ0n) is 20.5. The lowest BCUT2D eigenvalue weighted by atomic mass is 10.1. The van der Waals surface area contributed by atoms with E-state index in [1.54, 1.807) is 25.3 Å².